The van der Waals surface area contributed by atoms with Crippen molar-refractivity contribution in [2.24, 2.45) is 10.9 Å². The van der Waals surface area contributed by atoms with E-state index in [-0.39, 0.29) is 18.1 Å². The van der Waals surface area contributed by atoms with Gasteiger partial charge < -0.3 is 16.3 Å². The van der Waals surface area contributed by atoms with Crippen molar-refractivity contribution in [3.63, 3.8) is 0 Å². The molecule has 1 heterocycles. The summed E-state index contributed by atoms with van der Waals surface area (Å²) in [4.78, 5) is 3.83. The highest BCUT2D eigenvalue weighted by Gasteiger charge is 2.26. The number of rotatable bonds is 4. The van der Waals surface area contributed by atoms with Crippen LogP contribution in [0.15, 0.2) is 23.5 Å². The largest absolute Gasteiger partial charge is 0.409 e. The van der Waals surface area contributed by atoms with Gasteiger partial charge >= 0.3 is 6.18 Å². The number of oxime groups is 1. The topological polar surface area (TPSA) is 83.5 Å². The third-order valence-electron chi connectivity index (χ3n) is 1.88. The van der Waals surface area contributed by atoms with Crippen molar-refractivity contribution in [1.82, 2.24) is 10.3 Å². The Morgan fingerprint density at radius 2 is 2.24 bits per heavy atom. The lowest BCUT2D eigenvalue weighted by atomic mass is 10.2. The fraction of sp³-hybridized carbons (Fsp3) is 0.333. The first-order chi connectivity index (χ1) is 7.94. The summed E-state index contributed by atoms with van der Waals surface area (Å²) in [6.45, 7) is -1.18. The number of nitrogens with zero attached hydrogens (tertiary/aromatic N) is 2. The van der Waals surface area contributed by atoms with E-state index in [1.54, 1.807) is 12.1 Å². The summed E-state index contributed by atoms with van der Waals surface area (Å²) in [5, 5.41) is 13.5. The zero-order valence-electron chi connectivity index (χ0n) is 8.70. The minimum absolute atomic E-state index is 0.0705. The minimum Gasteiger partial charge on any atom is -0.409 e. The van der Waals surface area contributed by atoms with E-state index in [1.165, 1.54) is 6.20 Å². The van der Waals surface area contributed by atoms with Crippen molar-refractivity contribution in [3.05, 3.63) is 29.6 Å². The first-order valence-electron chi connectivity index (χ1n) is 4.63. The van der Waals surface area contributed by atoms with Crippen molar-refractivity contribution in [2.45, 2.75) is 12.7 Å². The molecule has 1 aromatic heterocycles. The molecule has 0 saturated carbocycles. The summed E-state index contributed by atoms with van der Waals surface area (Å²) in [6.07, 6.45) is -2.88. The molecule has 0 saturated heterocycles. The molecule has 0 fully saturated rings. The highest BCUT2D eigenvalue weighted by Crippen LogP contribution is 2.13. The summed E-state index contributed by atoms with van der Waals surface area (Å²) >= 11 is 0. The fourth-order valence-corrected chi connectivity index (χ4v) is 1.20. The van der Waals surface area contributed by atoms with E-state index in [0.717, 1.165) is 0 Å². The number of alkyl halides is 3. The second-order valence-corrected chi connectivity index (χ2v) is 3.22. The Morgan fingerprint density at radius 1 is 1.53 bits per heavy atom. The number of nitrogens with one attached hydrogen (secondary N) is 1. The van der Waals surface area contributed by atoms with Gasteiger partial charge in [0, 0.05) is 12.7 Å². The molecule has 4 N–H and O–H groups in total. The molecule has 0 bridgehead atoms. The van der Waals surface area contributed by atoms with Gasteiger partial charge in [-0.3, -0.25) is 4.98 Å². The van der Waals surface area contributed by atoms with E-state index in [9.17, 15) is 13.2 Å². The summed E-state index contributed by atoms with van der Waals surface area (Å²) in [5.41, 5.74) is 5.92. The van der Waals surface area contributed by atoms with E-state index in [2.05, 4.69) is 15.5 Å². The van der Waals surface area contributed by atoms with Gasteiger partial charge in [0.15, 0.2) is 5.84 Å². The first-order valence-corrected chi connectivity index (χ1v) is 4.63. The molecule has 0 spiro atoms. The molecule has 0 amide bonds. The molecule has 0 aliphatic heterocycles. The van der Waals surface area contributed by atoms with Gasteiger partial charge in [-0.25, -0.2) is 0 Å². The maximum atomic E-state index is 11.9. The molecule has 0 atom stereocenters. The number of pyridine rings is 1. The monoisotopic (exact) mass is 248 g/mol. The Hall–Kier alpha value is -1.83. The van der Waals surface area contributed by atoms with Gasteiger partial charge in [0.25, 0.3) is 0 Å². The van der Waals surface area contributed by atoms with E-state index in [4.69, 9.17) is 10.9 Å². The SMILES string of the molecule is NC(=NO)c1ncccc1CNCC(F)(F)F. The van der Waals surface area contributed by atoms with Crippen molar-refractivity contribution >= 4 is 5.84 Å². The Morgan fingerprint density at radius 3 is 2.82 bits per heavy atom. The molecule has 94 valence electrons. The average Bonchev–Trinajstić information content (AvgIpc) is 2.27. The minimum atomic E-state index is -4.28. The molecule has 17 heavy (non-hydrogen) atoms. The van der Waals surface area contributed by atoms with Gasteiger partial charge in [0.2, 0.25) is 0 Å². The van der Waals surface area contributed by atoms with Crippen LogP contribution in [0, 0.1) is 0 Å². The quantitative estimate of drug-likeness (QED) is 0.319. The number of aromatic nitrogens is 1. The van der Waals surface area contributed by atoms with Crippen LogP contribution < -0.4 is 11.1 Å². The van der Waals surface area contributed by atoms with Crippen LogP contribution in [0.4, 0.5) is 13.2 Å². The van der Waals surface area contributed by atoms with Crippen LogP contribution in [-0.2, 0) is 6.54 Å². The molecular formula is C9H11F3N4O. The van der Waals surface area contributed by atoms with Gasteiger partial charge in [0.05, 0.1) is 6.54 Å². The lowest BCUT2D eigenvalue weighted by molar-refractivity contribution is -0.125. The summed E-state index contributed by atoms with van der Waals surface area (Å²) < 4.78 is 35.8. The van der Waals surface area contributed by atoms with Crippen molar-refractivity contribution < 1.29 is 18.4 Å². The molecule has 1 rings (SSSR count). The molecule has 0 aromatic carbocycles. The molecule has 0 aliphatic rings. The molecule has 5 nitrogen and oxygen atoms in total. The maximum absolute atomic E-state index is 11.9. The maximum Gasteiger partial charge on any atom is 0.401 e. The Balaban J connectivity index is 2.71. The standard InChI is InChI=1S/C9H11F3N4O/c10-9(11,12)5-14-4-6-2-1-3-15-7(6)8(13)16-17/h1-3,14,17H,4-5H2,(H2,13,16). The van der Waals surface area contributed by atoms with Gasteiger partial charge in [-0.2, -0.15) is 13.2 Å². The number of hydrogen-bond acceptors (Lipinski definition) is 4. The normalized spacial score (nSPS) is 12.8. The van der Waals surface area contributed by atoms with Crippen LogP contribution in [0.5, 0.6) is 0 Å². The summed E-state index contributed by atoms with van der Waals surface area (Å²) in [7, 11) is 0. The molecule has 0 aliphatic carbocycles. The second-order valence-electron chi connectivity index (χ2n) is 3.22. The zero-order valence-corrected chi connectivity index (χ0v) is 8.70. The van der Waals surface area contributed by atoms with Crippen LogP contribution in [0.2, 0.25) is 0 Å². The number of nitrogens with two attached hydrogens (primary N) is 1. The highest BCUT2D eigenvalue weighted by molar-refractivity contribution is 5.96. The fourth-order valence-electron chi connectivity index (χ4n) is 1.20. The van der Waals surface area contributed by atoms with Crippen LogP contribution in [0.3, 0.4) is 0 Å². The summed E-state index contributed by atoms with van der Waals surface area (Å²) in [6, 6.07) is 3.10. The second kappa shape index (κ2) is 5.48. The number of halogens is 3. The number of amidine groups is 1. The predicted molar refractivity (Wildman–Crippen MR) is 54.5 cm³/mol. The first kappa shape index (κ1) is 13.2. The zero-order chi connectivity index (χ0) is 12.9. The predicted octanol–water partition coefficient (Wildman–Crippen LogP) is 0.828. The average molecular weight is 248 g/mol. The third kappa shape index (κ3) is 4.27. The molecule has 8 heteroatoms. The number of hydrogen-bond donors (Lipinski definition) is 3. The van der Waals surface area contributed by atoms with E-state index in [1.807, 2.05) is 0 Å². The lowest BCUT2D eigenvalue weighted by Gasteiger charge is -2.10. The van der Waals surface area contributed by atoms with Crippen LogP contribution in [0.1, 0.15) is 11.3 Å². The van der Waals surface area contributed by atoms with Crippen molar-refractivity contribution in [1.29, 1.82) is 0 Å². The third-order valence-corrected chi connectivity index (χ3v) is 1.88. The molecular weight excluding hydrogens is 237 g/mol. The highest BCUT2D eigenvalue weighted by atomic mass is 19.4. The lowest BCUT2D eigenvalue weighted by Crippen LogP contribution is -2.29. The smallest absolute Gasteiger partial charge is 0.401 e. The van der Waals surface area contributed by atoms with Crippen molar-refractivity contribution in [2.75, 3.05) is 6.54 Å². The van der Waals surface area contributed by atoms with Gasteiger partial charge in [-0.1, -0.05) is 11.2 Å². The van der Waals surface area contributed by atoms with Crippen LogP contribution in [0.25, 0.3) is 0 Å². The Bertz CT molecular complexity index is 405. The van der Waals surface area contributed by atoms with E-state index >= 15 is 0 Å². The molecule has 0 radical (unpaired) electrons. The van der Waals surface area contributed by atoms with E-state index in [0.29, 0.717) is 5.56 Å². The van der Waals surface area contributed by atoms with Crippen LogP contribution >= 0.6 is 0 Å². The summed E-state index contributed by atoms with van der Waals surface area (Å²) in [5.74, 6) is -0.241. The van der Waals surface area contributed by atoms with E-state index < -0.39 is 12.7 Å². The Kier molecular flexibility index (Phi) is 4.27. The van der Waals surface area contributed by atoms with Gasteiger partial charge in [0.1, 0.15) is 5.69 Å². The molecule has 0 unspecified atom stereocenters. The van der Waals surface area contributed by atoms with Crippen molar-refractivity contribution in [3.8, 4) is 0 Å². The van der Waals surface area contributed by atoms with Crippen LogP contribution in [-0.4, -0.2) is 28.7 Å². The van der Waals surface area contributed by atoms with Gasteiger partial charge in [-0.05, 0) is 11.6 Å². The Labute approximate surface area is 95.1 Å². The van der Waals surface area contributed by atoms with Gasteiger partial charge in [-0.15, -0.1) is 0 Å². The molecule has 1 aromatic rings.